The number of nitrogens with one attached hydrogen (secondary N) is 1. The number of hydrogen-bond donors (Lipinski definition) is 1. The summed E-state index contributed by atoms with van der Waals surface area (Å²) in [5, 5.41) is 14.3. The Morgan fingerprint density at radius 3 is 2.56 bits per heavy atom. The summed E-state index contributed by atoms with van der Waals surface area (Å²) in [6.07, 6.45) is 1.60. The minimum absolute atomic E-state index is 0.0432. The van der Waals surface area contributed by atoms with Crippen LogP contribution in [0.5, 0.6) is 11.5 Å². The van der Waals surface area contributed by atoms with Crippen LogP contribution in [0, 0.1) is 10.1 Å². The zero-order valence-corrected chi connectivity index (χ0v) is 19.1. The zero-order valence-electron chi connectivity index (χ0n) is 17.5. The number of nitro groups is 1. The summed E-state index contributed by atoms with van der Waals surface area (Å²) >= 11 is 6.12. The number of carbonyl (C=O) groups is 1. The van der Waals surface area contributed by atoms with Gasteiger partial charge >= 0.3 is 5.97 Å². The van der Waals surface area contributed by atoms with Crippen molar-refractivity contribution in [1.29, 1.82) is 0 Å². The number of nitrogens with zero attached hydrogens (tertiary/aromatic N) is 1. The fourth-order valence-corrected chi connectivity index (χ4v) is 3.50. The molecule has 1 N–H and O–H groups in total. The Morgan fingerprint density at radius 1 is 1.19 bits per heavy atom. The lowest BCUT2D eigenvalue weighted by Gasteiger charge is -2.12. The molecular weight excluding hydrogens is 464 g/mol. The van der Waals surface area contributed by atoms with Crippen LogP contribution >= 0.6 is 11.6 Å². The van der Waals surface area contributed by atoms with Gasteiger partial charge in [-0.3, -0.25) is 14.9 Å². The highest BCUT2D eigenvalue weighted by Gasteiger charge is 2.16. The molecular formula is C20H23ClN2O8S. The molecule has 32 heavy (non-hydrogen) atoms. The Labute approximate surface area is 190 Å². The number of esters is 1. The van der Waals surface area contributed by atoms with Crippen LogP contribution in [-0.2, 0) is 24.1 Å². The van der Waals surface area contributed by atoms with Gasteiger partial charge in [-0.05, 0) is 30.7 Å². The molecule has 0 spiro atoms. The van der Waals surface area contributed by atoms with Gasteiger partial charge in [0, 0.05) is 38.5 Å². The van der Waals surface area contributed by atoms with Crippen LogP contribution in [0.15, 0.2) is 41.3 Å². The summed E-state index contributed by atoms with van der Waals surface area (Å²) in [7, 11) is -1.93. The first-order chi connectivity index (χ1) is 15.1. The molecule has 2 rings (SSSR count). The van der Waals surface area contributed by atoms with Gasteiger partial charge in [-0.2, -0.15) is 0 Å². The van der Waals surface area contributed by atoms with Gasteiger partial charge in [-0.25, -0.2) is 8.42 Å². The molecule has 0 atom stereocenters. The predicted octanol–water partition coefficient (Wildman–Crippen LogP) is 3.83. The highest BCUT2D eigenvalue weighted by atomic mass is 35.5. The molecule has 0 bridgehead atoms. The summed E-state index contributed by atoms with van der Waals surface area (Å²) in [4.78, 5) is 22.4. The number of rotatable bonds is 12. The summed E-state index contributed by atoms with van der Waals surface area (Å²) in [6, 6.07) is 8.13. The molecule has 0 aliphatic carbocycles. The molecule has 0 heterocycles. The van der Waals surface area contributed by atoms with E-state index in [0.717, 1.165) is 6.26 Å². The maximum absolute atomic E-state index is 11.6. The molecule has 2 aromatic carbocycles. The number of ether oxygens (including phenoxy) is 3. The molecule has 2 aromatic rings. The van der Waals surface area contributed by atoms with Crippen LogP contribution in [0.1, 0.15) is 12.8 Å². The first kappa shape index (κ1) is 25.4. The first-order valence-electron chi connectivity index (χ1n) is 9.46. The number of anilines is 1. The molecule has 174 valence electrons. The Bertz CT molecular complexity index is 1080. The molecule has 0 saturated carbocycles. The van der Waals surface area contributed by atoms with Crippen LogP contribution in [0.4, 0.5) is 11.4 Å². The van der Waals surface area contributed by atoms with Gasteiger partial charge in [-0.15, -0.1) is 0 Å². The number of benzene rings is 2. The second-order valence-electron chi connectivity index (χ2n) is 6.65. The third-order valence-electron chi connectivity index (χ3n) is 4.15. The smallest absolute Gasteiger partial charge is 0.305 e. The molecule has 0 aliphatic rings. The summed E-state index contributed by atoms with van der Waals surface area (Å²) < 4.78 is 38.7. The highest BCUT2D eigenvalue weighted by Crippen LogP contribution is 2.35. The molecule has 0 unspecified atom stereocenters. The molecule has 0 saturated heterocycles. The largest absolute Gasteiger partial charge is 0.463 e. The zero-order chi connectivity index (χ0) is 23.7. The fourth-order valence-electron chi connectivity index (χ4n) is 2.57. The highest BCUT2D eigenvalue weighted by molar-refractivity contribution is 7.90. The van der Waals surface area contributed by atoms with E-state index in [1.54, 1.807) is 0 Å². The summed E-state index contributed by atoms with van der Waals surface area (Å²) in [5.41, 5.74) is 0.0303. The SMILES string of the molecule is COCCOC(=O)CCCNc1cc(Oc2ccc(S(C)(=O)=O)cc2Cl)ccc1[N+](=O)[O-]. The van der Waals surface area contributed by atoms with Gasteiger partial charge in [0.2, 0.25) is 0 Å². The third-order valence-corrected chi connectivity index (χ3v) is 5.55. The van der Waals surface area contributed by atoms with Crippen LogP contribution < -0.4 is 10.1 Å². The topological polar surface area (TPSA) is 134 Å². The van der Waals surface area contributed by atoms with Crippen molar-refractivity contribution in [3.05, 3.63) is 51.5 Å². The maximum atomic E-state index is 11.6. The number of nitro benzene ring substituents is 1. The lowest BCUT2D eigenvalue weighted by molar-refractivity contribution is -0.384. The normalized spacial score (nSPS) is 11.1. The van der Waals surface area contributed by atoms with Crippen LogP contribution in [0.25, 0.3) is 0 Å². The first-order valence-corrected chi connectivity index (χ1v) is 11.7. The van der Waals surface area contributed by atoms with E-state index in [0.29, 0.717) is 13.0 Å². The van der Waals surface area contributed by atoms with Crippen molar-refractivity contribution < 1.29 is 32.3 Å². The van der Waals surface area contributed by atoms with E-state index < -0.39 is 14.8 Å². The quantitative estimate of drug-likeness (QED) is 0.205. The average Bonchev–Trinajstić information content (AvgIpc) is 2.72. The summed E-state index contributed by atoms with van der Waals surface area (Å²) in [5.74, 6) is 0.0615. The van der Waals surface area contributed by atoms with Gasteiger partial charge in [-0.1, -0.05) is 11.6 Å². The second-order valence-corrected chi connectivity index (χ2v) is 9.07. The van der Waals surface area contributed by atoms with E-state index in [4.69, 9.17) is 25.8 Å². The molecule has 0 radical (unpaired) electrons. The molecule has 0 aliphatic heterocycles. The Morgan fingerprint density at radius 2 is 1.94 bits per heavy atom. The van der Waals surface area contributed by atoms with Crippen molar-refractivity contribution in [3.63, 3.8) is 0 Å². The standard InChI is InChI=1S/C20H23ClN2O8S/c1-29-10-11-30-20(24)4-3-9-22-17-12-14(5-7-18(17)23(25)26)31-19-8-6-15(13-16(19)21)32(2,27)28/h5-8,12-13,22H,3-4,9-11H2,1-2H3. The van der Waals surface area contributed by atoms with E-state index in [9.17, 15) is 23.3 Å². The number of carbonyl (C=O) groups excluding carboxylic acids is 1. The van der Waals surface area contributed by atoms with Gasteiger partial charge in [0.15, 0.2) is 9.84 Å². The minimum Gasteiger partial charge on any atom is -0.463 e. The predicted molar refractivity (Wildman–Crippen MR) is 118 cm³/mol. The minimum atomic E-state index is -3.43. The Kier molecular flexibility index (Phi) is 9.24. The van der Waals surface area contributed by atoms with Gasteiger partial charge in [0.05, 0.1) is 21.4 Å². The van der Waals surface area contributed by atoms with Crippen LogP contribution in [0.2, 0.25) is 5.02 Å². The van der Waals surface area contributed by atoms with E-state index in [-0.39, 0.29) is 58.3 Å². The van der Waals surface area contributed by atoms with E-state index in [1.807, 2.05) is 0 Å². The van der Waals surface area contributed by atoms with Crippen molar-refractivity contribution in [2.45, 2.75) is 17.7 Å². The van der Waals surface area contributed by atoms with Gasteiger partial charge < -0.3 is 19.5 Å². The van der Waals surface area contributed by atoms with E-state index in [2.05, 4.69) is 5.32 Å². The molecule has 10 nitrogen and oxygen atoms in total. The van der Waals surface area contributed by atoms with Crippen molar-refractivity contribution in [3.8, 4) is 11.5 Å². The molecule has 0 fully saturated rings. The number of hydrogen-bond acceptors (Lipinski definition) is 9. The van der Waals surface area contributed by atoms with Crippen molar-refractivity contribution >= 4 is 38.8 Å². The van der Waals surface area contributed by atoms with Gasteiger partial charge in [0.1, 0.15) is 23.8 Å². The van der Waals surface area contributed by atoms with Crippen LogP contribution in [-0.4, -0.2) is 52.4 Å². The summed E-state index contributed by atoms with van der Waals surface area (Å²) in [6.45, 7) is 0.763. The Hall–Kier alpha value is -2.89. The fraction of sp³-hybridized carbons (Fsp3) is 0.350. The average molecular weight is 487 g/mol. The van der Waals surface area contributed by atoms with Gasteiger partial charge in [0.25, 0.3) is 5.69 Å². The van der Waals surface area contributed by atoms with Crippen molar-refractivity contribution in [1.82, 2.24) is 0 Å². The third kappa shape index (κ3) is 7.66. The number of sulfone groups is 1. The monoisotopic (exact) mass is 486 g/mol. The maximum Gasteiger partial charge on any atom is 0.305 e. The number of halogens is 1. The van der Waals surface area contributed by atoms with E-state index in [1.165, 1.54) is 43.5 Å². The van der Waals surface area contributed by atoms with Crippen LogP contribution in [0.3, 0.4) is 0 Å². The molecule has 0 aromatic heterocycles. The second kappa shape index (κ2) is 11.7. The lowest BCUT2D eigenvalue weighted by atomic mass is 10.2. The van der Waals surface area contributed by atoms with E-state index >= 15 is 0 Å². The lowest BCUT2D eigenvalue weighted by Crippen LogP contribution is -2.12. The van der Waals surface area contributed by atoms with Crippen molar-refractivity contribution in [2.75, 3.05) is 38.4 Å². The number of methoxy groups -OCH3 is 1. The molecule has 0 amide bonds. The van der Waals surface area contributed by atoms with Crippen molar-refractivity contribution in [2.24, 2.45) is 0 Å². The Balaban J connectivity index is 2.06. The molecule has 12 heteroatoms.